The van der Waals surface area contributed by atoms with Crippen LogP contribution in [0.4, 0.5) is 0 Å². The van der Waals surface area contributed by atoms with Crippen LogP contribution in [0.15, 0.2) is 96.2 Å². The number of phenolic OH excluding ortho intramolecular Hbond substituents is 1. The van der Waals surface area contributed by atoms with E-state index in [0.717, 1.165) is 66.5 Å². The number of hydrogen-bond acceptors (Lipinski definition) is 10. The van der Waals surface area contributed by atoms with Crippen molar-refractivity contribution in [2.45, 2.75) is 88.7 Å². The van der Waals surface area contributed by atoms with E-state index in [0.29, 0.717) is 36.5 Å². The summed E-state index contributed by atoms with van der Waals surface area (Å²) < 4.78 is 25.7. The number of phenols is 1. The Morgan fingerprint density at radius 3 is 2.47 bits per heavy atom. The third kappa shape index (κ3) is 8.02. The van der Waals surface area contributed by atoms with Crippen molar-refractivity contribution in [3.05, 3.63) is 108 Å². The van der Waals surface area contributed by atoms with E-state index in [1.807, 2.05) is 65.6 Å². The molecule has 0 saturated heterocycles. The normalized spacial score (nSPS) is 26.2. The Hall–Kier alpha value is -4.84. The topological polar surface area (TPSA) is 140 Å². The molecule has 5 aliphatic rings. The predicted molar refractivity (Wildman–Crippen MR) is 214 cm³/mol. The second kappa shape index (κ2) is 17.3. The number of carbonyl (C=O) groups is 1. The minimum atomic E-state index is -1.38. The summed E-state index contributed by atoms with van der Waals surface area (Å²) in [5.74, 6) is 0.0812. The Labute approximate surface area is 334 Å². The van der Waals surface area contributed by atoms with Crippen LogP contribution in [0.2, 0.25) is 0 Å². The van der Waals surface area contributed by atoms with Gasteiger partial charge in [-0.2, -0.15) is 0 Å². The highest BCUT2D eigenvalue weighted by molar-refractivity contribution is 6.03. The molecule has 0 unspecified atom stereocenters. The first kappa shape index (κ1) is 39.0. The summed E-state index contributed by atoms with van der Waals surface area (Å²) in [5.41, 5.74) is 4.44. The summed E-state index contributed by atoms with van der Waals surface area (Å²) in [6.07, 6.45) is 10.6. The van der Waals surface area contributed by atoms with Crippen LogP contribution >= 0.6 is 0 Å². The van der Waals surface area contributed by atoms with Gasteiger partial charge in [-0.25, -0.2) is 0 Å². The van der Waals surface area contributed by atoms with Crippen molar-refractivity contribution >= 4 is 11.6 Å². The number of unbranched alkanes of at least 4 members (excludes halogenated alkanes) is 2. The summed E-state index contributed by atoms with van der Waals surface area (Å²) in [6.45, 7) is 5.11. The number of carbonyl (C=O) groups excluding carboxylic acids is 1. The number of oxime groups is 1. The second-order valence-corrected chi connectivity index (χ2v) is 16.0. The van der Waals surface area contributed by atoms with Gasteiger partial charge in [0.1, 0.15) is 24.1 Å². The summed E-state index contributed by atoms with van der Waals surface area (Å²) in [5, 5.41) is 35.7. The number of benzene rings is 3. The molecule has 2 saturated carbocycles. The van der Waals surface area contributed by atoms with Gasteiger partial charge < -0.3 is 44.0 Å². The van der Waals surface area contributed by atoms with Crippen LogP contribution in [0, 0.1) is 23.7 Å². The number of fused-ring (bicyclic) bond motifs is 3. The molecule has 6 atom stereocenters. The van der Waals surface area contributed by atoms with Crippen molar-refractivity contribution in [3.8, 4) is 23.0 Å². The minimum Gasteiger partial charge on any atom is -0.508 e. The van der Waals surface area contributed by atoms with Crippen molar-refractivity contribution in [1.29, 1.82) is 0 Å². The number of amides is 1. The number of nitrogens with zero attached hydrogens (tertiary/aromatic N) is 2. The van der Waals surface area contributed by atoms with Gasteiger partial charge in [0.05, 0.1) is 18.2 Å². The molecule has 11 heteroatoms. The standard InChI is InChI=1S/C46H54N2O9/c1-2-22-55-46-42(48(45(52)32-15-16-32)27-31-14-18-40-41(23-31)54-29-53-40)26-38(47-56-28-30-10-4-3-5-11-30)36-24-33(12-6-8-20-49)35(13-7-9-21-50)43(44(36)46)37-25-34(51)17-19-39(37)57-46/h2-5,10-11,14,17-19,23-25,32-33,35,42-44,49-51H,1,6-9,12-13,15-16,20-22,26-29H2/t33-,35+,42-,43+,44+,46+/m0/s1. The van der Waals surface area contributed by atoms with E-state index in [1.54, 1.807) is 12.1 Å². The Bertz CT molecular complexity index is 1960. The maximum Gasteiger partial charge on any atom is 0.239 e. The average Bonchev–Trinajstić information content (AvgIpc) is 3.98. The van der Waals surface area contributed by atoms with Crippen LogP contribution in [0.1, 0.15) is 80.4 Å². The molecular weight excluding hydrogens is 725 g/mol. The highest BCUT2D eigenvalue weighted by Gasteiger charge is 2.66. The van der Waals surface area contributed by atoms with Crippen LogP contribution < -0.4 is 14.2 Å². The number of allylic oxidation sites excluding steroid dienone is 1. The lowest BCUT2D eigenvalue weighted by Crippen LogP contribution is -2.70. The van der Waals surface area contributed by atoms with E-state index < -0.39 is 17.7 Å². The summed E-state index contributed by atoms with van der Waals surface area (Å²) in [4.78, 5) is 22.9. The number of rotatable bonds is 18. The van der Waals surface area contributed by atoms with E-state index in [9.17, 15) is 20.1 Å². The Morgan fingerprint density at radius 2 is 1.70 bits per heavy atom. The molecule has 302 valence electrons. The molecule has 3 aromatic carbocycles. The van der Waals surface area contributed by atoms with E-state index in [-0.39, 0.29) is 75.1 Å². The van der Waals surface area contributed by atoms with E-state index in [4.69, 9.17) is 28.9 Å². The van der Waals surface area contributed by atoms with Gasteiger partial charge in [0, 0.05) is 43.6 Å². The third-order valence-corrected chi connectivity index (χ3v) is 12.3. The van der Waals surface area contributed by atoms with Gasteiger partial charge in [0.2, 0.25) is 18.5 Å². The fourth-order valence-corrected chi connectivity index (χ4v) is 9.56. The average molecular weight is 779 g/mol. The van der Waals surface area contributed by atoms with Crippen LogP contribution in [0.3, 0.4) is 0 Å². The summed E-state index contributed by atoms with van der Waals surface area (Å²) in [7, 11) is 0. The highest BCUT2D eigenvalue weighted by atomic mass is 16.7. The van der Waals surface area contributed by atoms with Crippen LogP contribution in [-0.2, 0) is 27.5 Å². The molecule has 2 heterocycles. The van der Waals surface area contributed by atoms with E-state index >= 15 is 0 Å². The maximum atomic E-state index is 14.8. The van der Waals surface area contributed by atoms with Crippen molar-refractivity contribution in [3.63, 3.8) is 0 Å². The zero-order valence-electron chi connectivity index (χ0n) is 32.5. The molecule has 1 amide bonds. The smallest absolute Gasteiger partial charge is 0.239 e. The molecule has 8 rings (SSSR count). The monoisotopic (exact) mass is 778 g/mol. The van der Waals surface area contributed by atoms with Crippen LogP contribution in [-0.4, -0.2) is 70.3 Å². The number of aromatic hydroxyl groups is 1. The molecule has 3 aromatic rings. The third-order valence-electron chi connectivity index (χ3n) is 12.3. The minimum absolute atomic E-state index is 0.0325. The van der Waals surface area contributed by atoms with Gasteiger partial charge in [-0.1, -0.05) is 66.5 Å². The molecule has 3 N–H and O–H groups in total. The lowest BCUT2D eigenvalue weighted by Gasteiger charge is -2.60. The number of hydrogen-bond donors (Lipinski definition) is 3. The lowest BCUT2D eigenvalue weighted by molar-refractivity contribution is -0.258. The predicted octanol–water partition coefficient (Wildman–Crippen LogP) is 7.39. The molecule has 0 spiro atoms. The van der Waals surface area contributed by atoms with Gasteiger partial charge in [-0.3, -0.25) is 4.79 Å². The molecular formula is C46H54N2O9. The first-order valence-electron chi connectivity index (χ1n) is 20.6. The first-order valence-corrected chi connectivity index (χ1v) is 20.6. The highest BCUT2D eigenvalue weighted by Crippen LogP contribution is 2.62. The SMILES string of the molecule is C=CCO[C@@]12Oc3ccc(O)cc3[C@H]3[C@H](CCCCO)[C@@H](CCCCO)C=C(C(=NOCc4ccccc4)C[C@@H]1N(Cc1ccc4c(c1)OCO4)C(=O)C1CC1)[C@H]32. The Kier molecular flexibility index (Phi) is 11.9. The summed E-state index contributed by atoms with van der Waals surface area (Å²) >= 11 is 0. The number of aliphatic hydroxyl groups is 2. The molecule has 0 aromatic heterocycles. The molecule has 3 aliphatic carbocycles. The zero-order valence-corrected chi connectivity index (χ0v) is 32.5. The summed E-state index contributed by atoms with van der Waals surface area (Å²) in [6, 6.07) is 20.3. The van der Waals surface area contributed by atoms with Crippen molar-refractivity contribution in [1.82, 2.24) is 4.90 Å². The molecule has 0 bridgehead atoms. The molecule has 11 nitrogen and oxygen atoms in total. The van der Waals surface area contributed by atoms with E-state index in [2.05, 4.69) is 12.7 Å². The van der Waals surface area contributed by atoms with Gasteiger partial charge in [-0.05, 0) is 97.4 Å². The maximum absolute atomic E-state index is 14.8. The van der Waals surface area contributed by atoms with Crippen molar-refractivity contribution < 1.29 is 43.9 Å². The van der Waals surface area contributed by atoms with Crippen LogP contribution in [0.5, 0.6) is 23.0 Å². The van der Waals surface area contributed by atoms with Gasteiger partial charge in [0.25, 0.3) is 0 Å². The Balaban J connectivity index is 1.31. The number of aliphatic hydroxyl groups excluding tert-OH is 2. The largest absolute Gasteiger partial charge is 0.508 e. The Morgan fingerprint density at radius 1 is 0.930 bits per heavy atom. The van der Waals surface area contributed by atoms with Crippen molar-refractivity contribution in [2.75, 3.05) is 26.6 Å². The number of ether oxygens (including phenoxy) is 4. The van der Waals surface area contributed by atoms with Gasteiger partial charge >= 0.3 is 0 Å². The fourth-order valence-electron chi connectivity index (χ4n) is 9.56. The van der Waals surface area contributed by atoms with Gasteiger partial charge in [-0.15, -0.1) is 6.58 Å². The second-order valence-electron chi connectivity index (χ2n) is 16.0. The lowest BCUT2D eigenvalue weighted by atomic mass is 9.55. The molecule has 57 heavy (non-hydrogen) atoms. The zero-order chi connectivity index (χ0) is 39.4. The molecule has 2 aliphatic heterocycles. The molecule has 2 fully saturated rings. The van der Waals surface area contributed by atoms with Gasteiger partial charge in [0.15, 0.2) is 11.5 Å². The van der Waals surface area contributed by atoms with Crippen molar-refractivity contribution in [2.24, 2.45) is 28.8 Å². The van der Waals surface area contributed by atoms with Crippen LogP contribution in [0.25, 0.3) is 0 Å². The first-order chi connectivity index (χ1) is 27.9. The fraction of sp³-hybridized carbons (Fsp3) is 0.478. The molecule has 0 radical (unpaired) electrons. The quantitative estimate of drug-likeness (QED) is 0.0685. The van der Waals surface area contributed by atoms with E-state index in [1.165, 1.54) is 0 Å².